The lowest BCUT2D eigenvalue weighted by molar-refractivity contribution is 0.112. The zero-order valence-corrected chi connectivity index (χ0v) is 11.6. The highest BCUT2D eigenvalue weighted by Gasteiger charge is 2.07. The van der Waals surface area contributed by atoms with Crippen molar-refractivity contribution in [3.8, 4) is 5.75 Å². The van der Waals surface area contributed by atoms with Gasteiger partial charge < -0.3 is 4.74 Å². The van der Waals surface area contributed by atoms with Gasteiger partial charge in [-0.25, -0.2) is 4.39 Å². The van der Waals surface area contributed by atoms with Crippen molar-refractivity contribution in [2.75, 3.05) is 0 Å². The molecule has 4 nitrogen and oxygen atoms in total. The lowest BCUT2D eigenvalue weighted by Crippen LogP contribution is -2.06. The lowest BCUT2D eigenvalue weighted by atomic mass is 10.2. The number of ether oxygens (including phenoxy) is 1. The van der Waals surface area contributed by atoms with Crippen LogP contribution in [0, 0.1) is 5.82 Å². The summed E-state index contributed by atoms with van der Waals surface area (Å²) in [5, 5.41) is 4.42. The normalized spacial score (nSPS) is 10.6. The third-order valence-electron chi connectivity index (χ3n) is 2.99. The van der Waals surface area contributed by atoms with E-state index in [2.05, 4.69) is 5.10 Å². The van der Waals surface area contributed by atoms with Gasteiger partial charge in [-0.3, -0.25) is 9.48 Å². The number of carbonyl (C=O) groups is 1. The summed E-state index contributed by atoms with van der Waals surface area (Å²) in [6.45, 7) is 5.09. The molecule has 0 saturated carbocycles. The number of nitrogens with zero attached hydrogens (tertiary/aromatic N) is 2. The molecule has 0 atom stereocenters. The Hall–Kier alpha value is -2.17. The Balaban J connectivity index is 2.14. The standard InChI is InChI=1S/C15H17FN2O2/c1-3-13-8-14(18(4-2)17-13)10-20-15-6-11(9-19)5-12(16)7-15/h5-9H,3-4,10H2,1-2H3. The summed E-state index contributed by atoms with van der Waals surface area (Å²) in [4.78, 5) is 10.7. The average molecular weight is 276 g/mol. The summed E-state index contributed by atoms with van der Waals surface area (Å²) in [7, 11) is 0. The molecule has 2 rings (SSSR count). The monoisotopic (exact) mass is 276 g/mol. The molecule has 0 bridgehead atoms. The number of hydrogen-bond acceptors (Lipinski definition) is 3. The van der Waals surface area contributed by atoms with Crippen LogP contribution in [0.1, 0.15) is 35.6 Å². The molecule has 106 valence electrons. The summed E-state index contributed by atoms with van der Waals surface area (Å²) in [6.07, 6.45) is 1.46. The predicted molar refractivity (Wildman–Crippen MR) is 73.4 cm³/mol. The fourth-order valence-electron chi connectivity index (χ4n) is 1.97. The van der Waals surface area contributed by atoms with Crippen LogP contribution in [0.15, 0.2) is 24.3 Å². The second-order valence-electron chi connectivity index (χ2n) is 4.42. The van der Waals surface area contributed by atoms with Gasteiger partial charge in [-0.05, 0) is 31.5 Å². The van der Waals surface area contributed by atoms with E-state index in [-0.39, 0.29) is 5.56 Å². The van der Waals surface area contributed by atoms with Gasteiger partial charge in [0.25, 0.3) is 0 Å². The molecule has 0 N–H and O–H groups in total. The van der Waals surface area contributed by atoms with E-state index in [1.54, 1.807) is 0 Å². The highest BCUT2D eigenvalue weighted by molar-refractivity contribution is 5.75. The molecule has 0 amide bonds. The van der Waals surface area contributed by atoms with E-state index in [1.807, 2.05) is 24.6 Å². The van der Waals surface area contributed by atoms with Gasteiger partial charge in [-0.1, -0.05) is 6.92 Å². The van der Waals surface area contributed by atoms with Gasteiger partial charge >= 0.3 is 0 Å². The van der Waals surface area contributed by atoms with E-state index in [0.29, 0.717) is 18.6 Å². The SMILES string of the molecule is CCc1cc(COc2cc(F)cc(C=O)c2)n(CC)n1. The number of halogens is 1. The fourth-order valence-corrected chi connectivity index (χ4v) is 1.97. The zero-order valence-electron chi connectivity index (χ0n) is 11.6. The first kappa shape index (κ1) is 14.2. The van der Waals surface area contributed by atoms with Crippen LogP contribution in [0.5, 0.6) is 5.75 Å². The molecule has 0 radical (unpaired) electrons. The van der Waals surface area contributed by atoms with Gasteiger partial charge in [0, 0.05) is 18.2 Å². The number of benzene rings is 1. The Labute approximate surface area is 117 Å². The molecule has 0 unspecified atom stereocenters. The quantitative estimate of drug-likeness (QED) is 0.762. The van der Waals surface area contributed by atoms with Crippen LogP contribution in [-0.4, -0.2) is 16.1 Å². The molecule has 1 aromatic heterocycles. The maximum Gasteiger partial charge on any atom is 0.150 e. The van der Waals surface area contributed by atoms with E-state index >= 15 is 0 Å². The topological polar surface area (TPSA) is 44.1 Å². The molecule has 0 aliphatic carbocycles. The third-order valence-corrected chi connectivity index (χ3v) is 2.99. The number of aryl methyl sites for hydroxylation is 2. The number of hydrogen-bond donors (Lipinski definition) is 0. The Bertz CT molecular complexity index is 608. The van der Waals surface area contributed by atoms with Crippen molar-refractivity contribution < 1.29 is 13.9 Å². The lowest BCUT2D eigenvalue weighted by Gasteiger charge is -2.08. The number of aldehydes is 1. The van der Waals surface area contributed by atoms with Gasteiger partial charge in [-0.15, -0.1) is 0 Å². The Morgan fingerprint density at radius 1 is 1.30 bits per heavy atom. The van der Waals surface area contributed by atoms with Crippen LogP contribution in [0.25, 0.3) is 0 Å². The minimum atomic E-state index is -0.483. The third kappa shape index (κ3) is 3.23. The van der Waals surface area contributed by atoms with Crippen molar-refractivity contribution >= 4 is 6.29 Å². The summed E-state index contributed by atoms with van der Waals surface area (Å²) in [5.74, 6) is -0.142. The summed E-state index contributed by atoms with van der Waals surface area (Å²) in [5.41, 5.74) is 2.19. The largest absolute Gasteiger partial charge is 0.487 e. The molecule has 5 heteroatoms. The first-order valence-electron chi connectivity index (χ1n) is 6.60. The minimum absolute atomic E-state index is 0.262. The Kier molecular flexibility index (Phi) is 4.50. The van der Waals surface area contributed by atoms with E-state index in [4.69, 9.17) is 4.74 Å². The molecule has 2 aromatic rings. The second-order valence-corrected chi connectivity index (χ2v) is 4.42. The number of rotatable bonds is 6. The van der Waals surface area contributed by atoms with Gasteiger partial charge in [-0.2, -0.15) is 5.10 Å². The molecule has 0 aliphatic rings. The van der Waals surface area contributed by atoms with Gasteiger partial charge in [0.05, 0.1) is 11.4 Å². The van der Waals surface area contributed by atoms with Crippen LogP contribution in [0.2, 0.25) is 0 Å². The van der Waals surface area contributed by atoms with E-state index in [0.717, 1.165) is 24.4 Å². The summed E-state index contributed by atoms with van der Waals surface area (Å²) in [6, 6.07) is 5.93. The zero-order chi connectivity index (χ0) is 14.5. The van der Waals surface area contributed by atoms with Gasteiger partial charge in [0.15, 0.2) is 0 Å². The smallest absolute Gasteiger partial charge is 0.150 e. The van der Waals surface area contributed by atoms with Crippen LogP contribution >= 0.6 is 0 Å². The molecular weight excluding hydrogens is 259 g/mol. The van der Waals surface area contributed by atoms with Crippen LogP contribution in [-0.2, 0) is 19.6 Å². The molecule has 1 aromatic carbocycles. The molecular formula is C15H17FN2O2. The molecule has 1 heterocycles. The van der Waals surface area contributed by atoms with Gasteiger partial charge in [0.1, 0.15) is 24.5 Å². The fraction of sp³-hybridized carbons (Fsp3) is 0.333. The average Bonchev–Trinajstić information content (AvgIpc) is 2.87. The first-order chi connectivity index (χ1) is 9.66. The summed E-state index contributed by atoms with van der Waals surface area (Å²) >= 11 is 0. The van der Waals surface area contributed by atoms with Crippen molar-refractivity contribution in [1.82, 2.24) is 9.78 Å². The minimum Gasteiger partial charge on any atom is -0.487 e. The van der Waals surface area contributed by atoms with E-state index in [9.17, 15) is 9.18 Å². The molecule has 0 aliphatic heterocycles. The van der Waals surface area contributed by atoms with Crippen molar-refractivity contribution in [3.63, 3.8) is 0 Å². The maximum absolute atomic E-state index is 13.3. The van der Waals surface area contributed by atoms with E-state index < -0.39 is 5.82 Å². The predicted octanol–water partition coefficient (Wildman–Crippen LogP) is 3.00. The van der Waals surface area contributed by atoms with Crippen molar-refractivity contribution in [3.05, 3.63) is 47.0 Å². The summed E-state index contributed by atoms with van der Waals surface area (Å²) < 4.78 is 20.7. The molecule has 20 heavy (non-hydrogen) atoms. The van der Waals surface area contributed by atoms with Crippen molar-refractivity contribution in [1.29, 1.82) is 0 Å². The van der Waals surface area contributed by atoms with E-state index in [1.165, 1.54) is 18.2 Å². The Morgan fingerprint density at radius 2 is 2.10 bits per heavy atom. The van der Waals surface area contributed by atoms with Crippen LogP contribution in [0.3, 0.4) is 0 Å². The first-order valence-corrected chi connectivity index (χ1v) is 6.60. The highest BCUT2D eigenvalue weighted by Crippen LogP contribution is 2.17. The molecule has 0 spiro atoms. The maximum atomic E-state index is 13.3. The number of carbonyl (C=O) groups excluding carboxylic acids is 1. The van der Waals surface area contributed by atoms with Crippen LogP contribution < -0.4 is 4.74 Å². The second kappa shape index (κ2) is 6.32. The molecule has 0 fully saturated rings. The van der Waals surface area contributed by atoms with Gasteiger partial charge in [0.2, 0.25) is 0 Å². The van der Waals surface area contributed by atoms with Crippen molar-refractivity contribution in [2.24, 2.45) is 0 Å². The van der Waals surface area contributed by atoms with Crippen molar-refractivity contribution in [2.45, 2.75) is 33.4 Å². The Morgan fingerprint density at radius 3 is 2.75 bits per heavy atom. The van der Waals surface area contributed by atoms with Crippen LogP contribution in [0.4, 0.5) is 4.39 Å². The highest BCUT2D eigenvalue weighted by atomic mass is 19.1. The molecule has 0 saturated heterocycles. The number of aromatic nitrogens is 2.